The van der Waals surface area contributed by atoms with Crippen LogP contribution in [0, 0.1) is 17.6 Å². The fraction of sp³-hybridized carbons (Fsp3) is 0.480. The Morgan fingerprint density at radius 2 is 1.93 bits per heavy atom. The van der Waals surface area contributed by atoms with Gasteiger partial charge in [0.05, 0.1) is 16.8 Å². The second-order valence-electron chi connectivity index (χ2n) is 9.94. The number of hydrogen-bond acceptors (Lipinski definition) is 7. The summed E-state index contributed by atoms with van der Waals surface area (Å²) >= 11 is 0. The molecule has 2 aliphatic rings. The molecule has 1 aromatic carbocycles. The molecule has 0 unspecified atom stereocenters. The van der Waals surface area contributed by atoms with Gasteiger partial charge >= 0.3 is 10.2 Å². The molecule has 5 rings (SSSR count). The Morgan fingerprint density at radius 3 is 2.62 bits per heavy atom. The van der Waals surface area contributed by atoms with E-state index in [4.69, 9.17) is 0 Å². The van der Waals surface area contributed by atoms with Crippen molar-refractivity contribution >= 4 is 45.3 Å². The van der Waals surface area contributed by atoms with E-state index >= 15 is 4.39 Å². The first-order valence-electron chi connectivity index (χ1n) is 12.9. The number of pyridine rings is 1. The van der Waals surface area contributed by atoms with Crippen LogP contribution in [-0.2, 0) is 17.3 Å². The molecular formula is C25H31ClF3N7O3S. The first-order valence-corrected chi connectivity index (χ1v) is 14.3. The zero-order valence-electron chi connectivity index (χ0n) is 21.8. The summed E-state index contributed by atoms with van der Waals surface area (Å²) in [5.41, 5.74) is -2.01. The van der Waals surface area contributed by atoms with Crippen molar-refractivity contribution in [1.29, 1.82) is 0 Å². The molecule has 2 aliphatic heterocycles. The van der Waals surface area contributed by atoms with Crippen molar-refractivity contribution in [2.24, 2.45) is 13.0 Å². The molecule has 0 bridgehead atoms. The summed E-state index contributed by atoms with van der Waals surface area (Å²) in [5, 5.41) is 6.88. The van der Waals surface area contributed by atoms with Crippen LogP contribution in [0.25, 0.3) is 22.2 Å². The number of nitrogens with zero attached hydrogens (tertiary/aromatic N) is 4. The van der Waals surface area contributed by atoms with Crippen molar-refractivity contribution in [3.8, 4) is 11.1 Å². The zero-order chi connectivity index (χ0) is 27.7. The third kappa shape index (κ3) is 6.19. The fourth-order valence-electron chi connectivity index (χ4n) is 5.06. The van der Waals surface area contributed by atoms with Crippen LogP contribution in [0.2, 0.25) is 0 Å². The maximum absolute atomic E-state index is 15.5. The summed E-state index contributed by atoms with van der Waals surface area (Å²) in [6, 6.07) is 3.07. The van der Waals surface area contributed by atoms with Crippen molar-refractivity contribution in [2.45, 2.75) is 31.9 Å². The Hall–Kier alpha value is -2.94. The molecular weight excluding hydrogens is 571 g/mol. The topological polar surface area (TPSA) is 121 Å². The lowest BCUT2D eigenvalue weighted by atomic mass is 9.95. The number of benzene rings is 1. The van der Waals surface area contributed by atoms with Gasteiger partial charge in [-0.25, -0.2) is 18.2 Å². The van der Waals surface area contributed by atoms with Crippen molar-refractivity contribution in [3.05, 3.63) is 46.4 Å². The van der Waals surface area contributed by atoms with Gasteiger partial charge in [0.1, 0.15) is 17.6 Å². The average Bonchev–Trinajstić information content (AvgIpc) is 3.37. The SMILES string of the molecule is Cl.Cn1c(=O)c(-c2c(F)ccc(NS(=O)(=O)N3CC[C@@H](F)C3)c2F)cc2cnc(NCCC3CCNCC3)nc21. The predicted octanol–water partition coefficient (Wildman–Crippen LogP) is 3.20. The number of aromatic nitrogens is 3. The van der Waals surface area contributed by atoms with E-state index in [0.29, 0.717) is 23.8 Å². The lowest BCUT2D eigenvalue weighted by Gasteiger charge is -2.22. The Kier molecular flexibility index (Phi) is 9.22. The van der Waals surface area contributed by atoms with Gasteiger partial charge in [0, 0.05) is 38.3 Å². The predicted molar refractivity (Wildman–Crippen MR) is 150 cm³/mol. The van der Waals surface area contributed by atoms with Gasteiger partial charge in [-0.15, -0.1) is 12.4 Å². The summed E-state index contributed by atoms with van der Waals surface area (Å²) in [6.07, 6.45) is 3.37. The molecule has 2 saturated heterocycles. The average molecular weight is 602 g/mol. The minimum absolute atomic E-state index is 0. The van der Waals surface area contributed by atoms with Crippen molar-refractivity contribution in [2.75, 3.05) is 42.8 Å². The number of fused-ring (bicyclic) bond motifs is 1. The summed E-state index contributed by atoms with van der Waals surface area (Å²) in [5.74, 6) is -1.35. The molecule has 10 nitrogen and oxygen atoms in total. The lowest BCUT2D eigenvalue weighted by Crippen LogP contribution is -2.34. The lowest BCUT2D eigenvalue weighted by molar-refractivity contribution is 0.343. The standard InChI is InChI=1S/C25H30F3N7O3S.ClH/c1-34-23-16(13-31-25(32-23)30-10-6-15-4-8-29-9-5-15)12-18(24(34)36)21-19(27)2-3-20(22(21)28)33-39(37,38)35-11-7-17(26)14-35;/h2-3,12-13,15,17,29,33H,4-11,14H2,1H3,(H,30,31,32);1H/t17-;/m1./s1. The minimum atomic E-state index is -4.29. The number of aryl methyl sites for hydroxylation is 1. The molecule has 40 heavy (non-hydrogen) atoms. The molecule has 0 spiro atoms. The maximum Gasteiger partial charge on any atom is 0.301 e. The number of alkyl halides is 1. The Bertz CT molecular complexity index is 1550. The summed E-state index contributed by atoms with van der Waals surface area (Å²) in [7, 11) is -2.85. The number of nitrogens with one attached hydrogen (secondary N) is 3. The van der Waals surface area contributed by atoms with E-state index in [2.05, 4.69) is 25.3 Å². The molecule has 2 aromatic heterocycles. The van der Waals surface area contributed by atoms with E-state index in [1.54, 1.807) is 0 Å². The Morgan fingerprint density at radius 1 is 1.18 bits per heavy atom. The molecule has 0 aliphatic carbocycles. The third-order valence-electron chi connectivity index (χ3n) is 7.28. The van der Waals surface area contributed by atoms with Crippen LogP contribution >= 0.6 is 12.4 Å². The minimum Gasteiger partial charge on any atom is -0.354 e. The molecule has 15 heteroatoms. The van der Waals surface area contributed by atoms with Gasteiger partial charge in [0.2, 0.25) is 5.95 Å². The van der Waals surface area contributed by atoms with Gasteiger partial charge in [-0.05, 0) is 62.9 Å². The van der Waals surface area contributed by atoms with Crippen molar-refractivity contribution in [1.82, 2.24) is 24.2 Å². The third-order valence-corrected chi connectivity index (χ3v) is 8.77. The normalized spacial score (nSPS) is 18.6. The van der Waals surface area contributed by atoms with E-state index < -0.39 is 44.8 Å². The van der Waals surface area contributed by atoms with Gasteiger partial charge in [-0.1, -0.05) is 0 Å². The fourth-order valence-corrected chi connectivity index (χ4v) is 6.33. The highest BCUT2D eigenvalue weighted by Crippen LogP contribution is 2.31. The van der Waals surface area contributed by atoms with Gasteiger partial charge in [0.15, 0.2) is 5.82 Å². The first kappa shape index (κ1) is 30.0. The molecule has 0 radical (unpaired) electrons. The molecule has 4 heterocycles. The van der Waals surface area contributed by atoms with Crippen molar-refractivity contribution < 1.29 is 21.6 Å². The number of halogens is 4. The second kappa shape index (κ2) is 12.3. The highest BCUT2D eigenvalue weighted by Gasteiger charge is 2.32. The van der Waals surface area contributed by atoms with E-state index in [9.17, 15) is 22.0 Å². The summed E-state index contributed by atoms with van der Waals surface area (Å²) in [6.45, 7) is 2.27. The van der Waals surface area contributed by atoms with Crippen LogP contribution in [-0.4, -0.2) is 66.2 Å². The summed E-state index contributed by atoms with van der Waals surface area (Å²) < 4.78 is 73.3. The molecule has 1 atom stereocenters. The van der Waals surface area contributed by atoms with Crippen molar-refractivity contribution in [3.63, 3.8) is 0 Å². The van der Waals surface area contributed by atoms with Crippen LogP contribution in [0.3, 0.4) is 0 Å². The van der Waals surface area contributed by atoms with Gasteiger partial charge in [-0.3, -0.25) is 14.1 Å². The van der Waals surface area contributed by atoms with Gasteiger partial charge < -0.3 is 10.6 Å². The molecule has 0 amide bonds. The molecule has 2 fully saturated rings. The van der Waals surface area contributed by atoms with E-state index in [1.807, 2.05) is 0 Å². The van der Waals surface area contributed by atoms with E-state index in [1.165, 1.54) is 23.9 Å². The number of anilines is 2. The number of piperidine rings is 1. The van der Waals surface area contributed by atoms with Crippen LogP contribution in [0.15, 0.2) is 29.2 Å². The van der Waals surface area contributed by atoms with Crippen LogP contribution in [0.5, 0.6) is 0 Å². The zero-order valence-corrected chi connectivity index (χ0v) is 23.4. The highest BCUT2D eigenvalue weighted by molar-refractivity contribution is 7.90. The maximum atomic E-state index is 15.5. The van der Waals surface area contributed by atoms with E-state index in [-0.39, 0.29) is 43.1 Å². The van der Waals surface area contributed by atoms with Crippen LogP contribution in [0.4, 0.5) is 24.8 Å². The smallest absolute Gasteiger partial charge is 0.301 e. The quantitative estimate of drug-likeness (QED) is 0.363. The van der Waals surface area contributed by atoms with E-state index in [0.717, 1.165) is 48.8 Å². The highest BCUT2D eigenvalue weighted by atomic mass is 35.5. The molecule has 218 valence electrons. The first-order chi connectivity index (χ1) is 18.6. The number of hydrogen-bond donors (Lipinski definition) is 3. The Balaban J connectivity index is 0.00000370. The van der Waals surface area contributed by atoms with Gasteiger partial charge in [0.25, 0.3) is 5.56 Å². The van der Waals surface area contributed by atoms with Crippen LogP contribution < -0.4 is 20.9 Å². The largest absolute Gasteiger partial charge is 0.354 e. The molecule has 3 N–H and O–H groups in total. The molecule has 3 aromatic rings. The van der Waals surface area contributed by atoms with Crippen LogP contribution in [0.1, 0.15) is 25.7 Å². The van der Waals surface area contributed by atoms with Gasteiger partial charge in [-0.2, -0.15) is 17.7 Å². The molecule has 0 saturated carbocycles. The monoisotopic (exact) mass is 601 g/mol. The number of rotatable bonds is 8. The Labute approximate surface area is 236 Å². The second-order valence-corrected chi connectivity index (χ2v) is 11.6. The summed E-state index contributed by atoms with van der Waals surface area (Å²) in [4.78, 5) is 21.9.